The molecular formula is C28H33NO8. The van der Waals surface area contributed by atoms with Crippen molar-refractivity contribution in [3.05, 3.63) is 46.2 Å². The van der Waals surface area contributed by atoms with Crippen molar-refractivity contribution in [2.75, 3.05) is 41.0 Å². The molecular weight excluding hydrogens is 478 g/mol. The van der Waals surface area contributed by atoms with Gasteiger partial charge in [-0.1, -0.05) is 0 Å². The molecule has 1 saturated heterocycles. The van der Waals surface area contributed by atoms with Crippen molar-refractivity contribution in [2.24, 2.45) is 5.92 Å². The molecule has 0 bridgehead atoms. The van der Waals surface area contributed by atoms with Gasteiger partial charge >= 0.3 is 5.97 Å². The second-order valence-corrected chi connectivity index (χ2v) is 9.11. The molecule has 2 aromatic carbocycles. The molecule has 0 aromatic heterocycles. The monoisotopic (exact) mass is 511 g/mol. The molecule has 1 unspecified atom stereocenters. The van der Waals surface area contributed by atoms with Crippen LogP contribution in [0.2, 0.25) is 0 Å². The van der Waals surface area contributed by atoms with Crippen LogP contribution in [0.15, 0.2) is 24.0 Å². The number of hydrogen-bond donors (Lipinski definition) is 1. The number of phenols is 1. The minimum Gasteiger partial charge on any atom is -0.507 e. The Morgan fingerprint density at radius 1 is 1.14 bits per heavy atom. The summed E-state index contributed by atoms with van der Waals surface area (Å²) < 4.78 is 27.6. The largest absolute Gasteiger partial charge is 0.507 e. The standard InChI is InChI=1S/C28H33NO8/c1-6-36-28(32)17-8-7-9-29(14-17)15-19-20(30)10-16(2)25-26(31)24(37-27(19)25)12-18-11-22(34-4)23(35-5)13-21(18)33-3/h10-13,17,30H,6-9,14-15H2,1-5H3/b24-12-. The molecule has 0 radical (unpaired) electrons. The van der Waals surface area contributed by atoms with E-state index in [-0.39, 0.29) is 29.2 Å². The lowest BCUT2D eigenvalue weighted by molar-refractivity contribution is -0.150. The number of carbonyl (C=O) groups excluding carboxylic acids is 2. The van der Waals surface area contributed by atoms with Gasteiger partial charge in [-0.05, 0) is 57.0 Å². The summed E-state index contributed by atoms with van der Waals surface area (Å²) in [6, 6.07) is 4.97. The van der Waals surface area contributed by atoms with Crippen molar-refractivity contribution in [1.82, 2.24) is 4.90 Å². The van der Waals surface area contributed by atoms with Gasteiger partial charge < -0.3 is 28.8 Å². The van der Waals surface area contributed by atoms with E-state index >= 15 is 0 Å². The molecule has 4 rings (SSSR count). The van der Waals surface area contributed by atoms with Crippen LogP contribution in [0.25, 0.3) is 6.08 Å². The van der Waals surface area contributed by atoms with E-state index in [0.717, 1.165) is 19.4 Å². The van der Waals surface area contributed by atoms with Crippen LogP contribution in [-0.2, 0) is 16.1 Å². The lowest BCUT2D eigenvalue weighted by Gasteiger charge is -2.31. The highest BCUT2D eigenvalue weighted by molar-refractivity contribution is 6.16. The van der Waals surface area contributed by atoms with Gasteiger partial charge in [0.1, 0.15) is 17.2 Å². The van der Waals surface area contributed by atoms with Crippen molar-refractivity contribution >= 4 is 17.8 Å². The molecule has 2 heterocycles. The predicted molar refractivity (Wildman–Crippen MR) is 137 cm³/mol. The number of ether oxygens (including phenoxy) is 5. The Morgan fingerprint density at radius 2 is 1.84 bits per heavy atom. The third-order valence-corrected chi connectivity index (χ3v) is 6.75. The fraction of sp³-hybridized carbons (Fsp3) is 0.429. The van der Waals surface area contributed by atoms with E-state index in [4.69, 9.17) is 23.7 Å². The number of piperidine rings is 1. The minimum absolute atomic E-state index is 0.0484. The molecule has 0 saturated carbocycles. The van der Waals surface area contributed by atoms with Gasteiger partial charge in [0.15, 0.2) is 17.3 Å². The maximum Gasteiger partial charge on any atom is 0.310 e. The average Bonchev–Trinajstić information content (AvgIpc) is 3.22. The molecule has 2 aromatic rings. The number of fused-ring (bicyclic) bond motifs is 1. The van der Waals surface area contributed by atoms with E-state index in [9.17, 15) is 14.7 Å². The van der Waals surface area contributed by atoms with E-state index in [2.05, 4.69) is 4.90 Å². The van der Waals surface area contributed by atoms with Crippen molar-refractivity contribution in [2.45, 2.75) is 33.2 Å². The van der Waals surface area contributed by atoms with Crippen LogP contribution in [0.1, 0.15) is 46.8 Å². The third kappa shape index (κ3) is 5.22. The first kappa shape index (κ1) is 26.3. The van der Waals surface area contributed by atoms with E-state index in [0.29, 0.717) is 64.9 Å². The van der Waals surface area contributed by atoms with Crippen LogP contribution >= 0.6 is 0 Å². The summed E-state index contributed by atoms with van der Waals surface area (Å²) in [4.78, 5) is 27.8. The van der Waals surface area contributed by atoms with E-state index < -0.39 is 0 Å². The van der Waals surface area contributed by atoms with Crippen LogP contribution in [0.4, 0.5) is 0 Å². The first-order valence-corrected chi connectivity index (χ1v) is 12.3. The Morgan fingerprint density at radius 3 is 2.51 bits per heavy atom. The SMILES string of the molecule is CCOC(=O)C1CCCN(Cc2c(O)cc(C)c3c2O/C(=C\c2cc(OC)c(OC)cc2OC)C3=O)C1. The normalized spacial score (nSPS) is 18.4. The first-order valence-electron chi connectivity index (χ1n) is 12.3. The molecule has 37 heavy (non-hydrogen) atoms. The van der Waals surface area contributed by atoms with Crippen LogP contribution in [-0.4, -0.2) is 62.8 Å². The smallest absolute Gasteiger partial charge is 0.310 e. The lowest BCUT2D eigenvalue weighted by Crippen LogP contribution is -2.39. The van der Waals surface area contributed by atoms with Gasteiger partial charge in [0.2, 0.25) is 5.78 Å². The van der Waals surface area contributed by atoms with Crippen LogP contribution in [0.3, 0.4) is 0 Å². The molecule has 1 atom stereocenters. The molecule has 0 aliphatic carbocycles. The first-order chi connectivity index (χ1) is 17.8. The van der Waals surface area contributed by atoms with Crippen molar-refractivity contribution in [3.63, 3.8) is 0 Å². The van der Waals surface area contributed by atoms with Gasteiger partial charge in [-0.15, -0.1) is 0 Å². The lowest BCUT2D eigenvalue weighted by atomic mass is 9.96. The number of methoxy groups -OCH3 is 3. The molecule has 2 aliphatic rings. The topological polar surface area (TPSA) is 104 Å². The molecule has 9 heteroatoms. The summed E-state index contributed by atoms with van der Waals surface area (Å²) >= 11 is 0. The number of ketones is 1. The molecule has 2 aliphatic heterocycles. The number of rotatable bonds is 8. The third-order valence-electron chi connectivity index (χ3n) is 6.75. The highest BCUT2D eigenvalue weighted by Gasteiger charge is 2.35. The van der Waals surface area contributed by atoms with Gasteiger partial charge in [0.25, 0.3) is 0 Å². The number of Topliss-reactive ketones (excluding diaryl/α,β-unsaturated/α-hetero) is 1. The summed E-state index contributed by atoms with van der Waals surface area (Å²) in [5.41, 5.74) is 2.12. The number of aryl methyl sites for hydroxylation is 1. The van der Waals surface area contributed by atoms with Crippen molar-refractivity contribution in [3.8, 4) is 28.7 Å². The number of allylic oxidation sites excluding steroid dienone is 1. The summed E-state index contributed by atoms with van der Waals surface area (Å²) in [6.45, 7) is 5.52. The Hall–Kier alpha value is -3.72. The Labute approximate surface area is 216 Å². The minimum atomic E-state index is -0.284. The summed E-state index contributed by atoms with van der Waals surface area (Å²) in [5, 5.41) is 10.8. The van der Waals surface area contributed by atoms with E-state index in [1.54, 1.807) is 38.1 Å². The quantitative estimate of drug-likeness (QED) is 0.414. The summed E-state index contributed by atoms with van der Waals surface area (Å²) in [7, 11) is 4.58. The number of esters is 1. The number of hydrogen-bond acceptors (Lipinski definition) is 9. The average molecular weight is 512 g/mol. The highest BCUT2D eigenvalue weighted by Crippen LogP contribution is 2.44. The Bertz CT molecular complexity index is 1240. The van der Waals surface area contributed by atoms with Crippen LogP contribution in [0, 0.1) is 12.8 Å². The van der Waals surface area contributed by atoms with Crippen LogP contribution < -0.4 is 18.9 Å². The highest BCUT2D eigenvalue weighted by atomic mass is 16.5. The predicted octanol–water partition coefficient (Wildman–Crippen LogP) is 4.12. The van der Waals surface area contributed by atoms with Crippen molar-refractivity contribution in [1.29, 1.82) is 0 Å². The summed E-state index contributed by atoms with van der Waals surface area (Å²) in [5.74, 6) is 1.25. The second kappa shape index (κ2) is 11.1. The maximum atomic E-state index is 13.4. The van der Waals surface area contributed by atoms with Crippen LogP contribution in [0.5, 0.6) is 28.7 Å². The molecule has 198 valence electrons. The number of likely N-dealkylation sites (tertiary alicyclic amines) is 1. The Kier molecular flexibility index (Phi) is 7.92. The van der Waals surface area contributed by atoms with Gasteiger partial charge in [0, 0.05) is 24.7 Å². The number of phenolic OH excluding ortho intramolecular Hbond substituents is 1. The van der Waals surface area contributed by atoms with Gasteiger partial charge in [-0.25, -0.2) is 0 Å². The number of carbonyl (C=O) groups is 2. The van der Waals surface area contributed by atoms with Crippen molar-refractivity contribution < 1.29 is 38.4 Å². The fourth-order valence-corrected chi connectivity index (χ4v) is 4.91. The van der Waals surface area contributed by atoms with Gasteiger partial charge in [-0.3, -0.25) is 14.5 Å². The zero-order valence-corrected chi connectivity index (χ0v) is 21.9. The molecule has 0 amide bonds. The van der Waals surface area contributed by atoms with Gasteiger partial charge in [-0.2, -0.15) is 0 Å². The number of benzene rings is 2. The molecule has 9 nitrogen and oxygen atoms in total. The Balaban J connectivity index is 1.66. The number of nitrogens with zero attached hydrogens (tertiary/aromatic N) is 1. The number of aromatic hydroxyl groups is 1. The van der Waals surface area contributed by atoms with Gasteiger partial charge in [0.05, 0.1) is 45.0 Å². The summed E-state index contributed by atoms with van der Waals surface area (Å²) in [6.07, 6.45) is 3.20. The molecule has 1 N–H and O–H groups in total. The molecule has 0 spiro atoms. The molecule has 1 fully saturated rings. The van der Waals surface area contributed by atoms with E-state index in [1.807, 2.05) is 0 Å². The second-order valence-electron chi connectivity index (χ2n) is 9.11. The van der Waals surface area contributed by atoms with E-state index in [1.165, 1.54) is 21.3 Å². The zero-order valence-electron chi connectivity index (χ0n) is 21.9. The fourth-order valence-electron chi connectivity index (χ4n) is 4.91. The maximum absolute atomic E-state index is 13.4. The zero-order chi connectivity index (χ0) is 26.7.